The predicted octanol–water partition coefficient (Wildman–Crippen LogP) is 2.26. The van der Waals surface area contributed by atoms with Crippen LogP contribution >= 0.6 is 0 Å². The van der Waals surface area contributed by atoms with E-state index in [0.717, 1.165) is 12.0 Å². The highest BCUT2D eigenvalue weighted by Gasteiger charge is 2.53. The maximum Gasteiger partial charge on any atom is 0.235 e. The van der Waals surface area contributed by atoms with Gasteiger partial charge >= 0.3 is 0 Å². The lowest BCUT2D eigenvalue weighted by Crippen LogP contribution is -2.04. The molecule has 66 valence electrons. The number of nitrogens with zero attached hydrogens (tertiary/aromatic N) is 1. The summed E-state index contributed by atoms with van der Waals surface area (Å²) < 4.78 is 0. The van der Waals surface area contributed by atoms with Gasteiger partial charge in [-0.2, -0.15) is 4.99 Å². The van der Waals surface area contributed by atoms with Crippen LogP contribution in [0.25, 0.3) is 0 Å². The molecule has 0 radical (unpaired) electrons. The van der Waals surface area contributed by atoms with Gasteiger partial charge in [0.2, 0.25) is 6.08 Å². The van der Waals surface area contributed by atoms with Crippen molar-refractivity contribution in [1.29, 1.82) is 0 Å². The first kappa shape index (κ1) is 8.21. The number of rotatable bonds is 2. The van der Waals surface area contributed by atoms with E-state index in [1.165, 1.54) is 0 Å². The third kappa shape index (κ3) is 1.20. The molecule has 0 N–H and O–H groups in total. The fourth-order valence-corrected chi connectivity index (χ4v) is 1.84. The summed E-state index contributed by atoms with van der Waals surface area (Å²) in [5.41, 5.74) is 0.883. The molecule has 0 spiro atoms. The molecule has 0 bridgehead atoms. The number of carbonyl (C=O) groups excluding carboxylic acids is 1. The van der Waals surface area contributed by atoms with Crippen LogP contribution in [0.1, 0.15) is 18.9 Å². The summed E-state index contributed by atoms with van der Waals surface area (Å²) in [7, 11) is 0. The van der Waals surface area contributed by atoms with Crippen LogP contribution in [0, 0.1) is 5.92 Å². The molecule has 0 amide bonds. The third-order valence-corrected chi connectivity index (χ3v) is 2.79. The largest absolute Gasteiger partial charge is 0.235 e. The predicted molar refractivity (Wildman–Crippen MR) is 50.0 cm³/mol. The van der Waals surface area contributed by atoms with E-state index < -0.39 is 0 Å². The van der Waals surface area contributed by atoms with Crippen molar-refractivity contribution >= 4 is 6.08 Å². The van der Waals surface area contributed by atoms with Gasteiger partial charge < -0.3 is 0 Å². The second kappa shape index (κ2) is 2.82. The van der Waals surface area contributed by atoms with E-state index in [2.05, 4.69) is 11.9 Å². The highest BCUT2D eigenvalue weighted by Crippen LogP contribution is 2.54. The standard InChI is InChI=1S/C11H11NO/c1-9-7-11(9,12-8-13)10-5-3-2-4-6-10/h2-6,9H,7H2,1H3. The van der Waals surface area contributed by atoms with E-state index in [4.69, 9.17) is 0 Å². The Morgan fingerprint density at radius 3 is 2.54 bits per heavy atom. The molecule has 1 aromatic rings. The summed E-state index contributed by atoms with van der Waals surface area (Å²) >= 11 is 0. The monoisotopic (exact) mass is 173 g/mol. The second-order valence-electron chi connectivity index (χ2n) is 3.60. The van der Waals surface area contributed by atoms with Crippen molar-refractivity contribution in [3.63, 3.8) is 0 Å². The average Bonchev–Trinajstić information content (AvgIpc) is 2.80. The Hall–Kier alpha value is -1.40. The topological polar surface area (TPSA) is 29.4 Å². The lowest BCUT2D eigenvalue weighted by Gasteiger charge is -2.08. The third-order valence-electron chi connectivity index (χ3n) is 2.79. The highest BCUT2D eigenvalue weighted by atomic mass is 16.1. The van der Waals surface area contributed by atoms with E-state index in [0.29, 0.717) is 5.92 Å². The molecular formula is C11H11NO. The lowest BCUT2D eigenvalue weighted by molar-refractivity contribution is 0.552. The molecule has 0 aliphatic heterocycles. The molecular weight excluding hydrogens is 162 g/mol. The maximum absolute atomic E-state index is 10.3. The minimum Gasteiger partial charge on any atom is -0.211 e. The molecule has 13 heavy (non-hydrogen) atoms. The van der Waals surface area contributed by atoms with Crippen molar-refractivity contribution in [2.75, 3.05) is 0 Å². The smallest absolute Gasteiger partial charge is 0.211 e. The summed E-state index contributed by atoms with van der Waals surface area (Å²) in [6.45, 7) is 2.10. The van der Waals surface area contributed by atoms with Gasteiger partial charge in [0.05, 0.1) is 0 Å². The summed E-state index contributed by atoms with van der Waals surface area (Å²) in [5, 5.41) is 0. The van der Waals surface area contributed by atoms with Crippen LogP contribution in [0.5, 0.6) is 0 Å². The van der Waals surface area contributed by atoms with Crippen molar-refractivity contribution in [2.24, 2.45) is 10.9 Å². The molecule has 2 nitrogen and oxygen atoms in total. The molecule has 1 aromatic carbocycles. The van der Waals surface area contributed by atoms with Gasteiger partial charge in [0.25, 0.3) is 0 Å². The Morgan fingerprint density at radius 2 is 2.08 bits per heavy atom. The molecule has 2 atom stereocenters. The van der Waals surface area contributed by atoms with Crippen LogP contribution in [0.15, 0.2) is 35.3 Å². The second-order valence-corrected chi connectivity index (χ2v) is 3.60. The number of aliphatic imine (C=N–C) groups is 1. The zero-order valence-electron chi connectivity index (χ0n) is 7.53. The summed E-state index contributed by atoms with van der Waals surface area (Å²) in [6, 6.07) is 9.95. The summed E-state index contributed by atoms with van der Waals surface area (Å²) in [5.74, 6) is 0.469. The number of hydrogen-bond acceptors (Lipinski definition) is 2. The molecule has 0 aromatic heterocycles. The van der Waals surface area contributed by atoms with Gasteiger partial charge in [-0.05, 0) is 17.9 Å². The summed E-state index contributed by atoms with van der Waals surface area (Å²) in [6.07, 6.45) is 2.64. The fourth-order valence-electron chi connectivity index (χ4n) is 1.84. The van der Waals surface area contributed by atoms with Crippen LogP contribution in [0.4, 0.5) is 0 Å². The van der Waals surface area contributed by atoms with E-state index in [9.17, 15) is 4.79 Å². The molecule has 1 aliphatic rings. The molecule has 2 rings (SSSR count). The SMILES string of the molecule is CC1CC1(N=C=O)c1ccccc1. The first-order chi connectivity index (χ1) is 6.29. The fraction of sp³-hybridized carbons (Fsp3) is 0.364. The van der Waals surface area contributed by atoms with Crippen molar-refractivity contribution in [3.05, 3.63) is 35.9 Å². The molecule has 0 heterocycles. The Morgan fingerprint density at radius 1 is 1.46 bits per heavy atom. The molecule has 2 unspecified atom stereocenters. The van der Waals surface area contributed by atoms with Crippen LogP contribution in [-0.2, 0) is 10.3 Å². The zero-order chi connectivity index (χ0) is 9.31. The molecule has 1 fully saturated rings. The normalized spacial score (nSPS) is 30.7. The van der Waals surface area contributed by atoms with Gasteiger partial charge in [0, 0.05) is 0 Å². The van der Waals surface area contributed by atoms with Crippen LogP contribution in [-0.4, -0.2) is 6.08 Å². The number of isocyanates is 1. The maximum atomic E-state index is 10.3. The zero-order valence-corrected chi connectivity index (χ0v) is 7.53. The highest BCUT2D eigenvalue weighted by molar-refractivity contribution is 5.42. The Labute approximate surface area is 77.3 Å². The van der Waals surface area contributed by atoms with Gasteiger partial charge in [0.1, 0.15) is 5.54 Å². The van der Waals surface area contributed by atoms with E-state index in [-0.39, 0.29) is 5.54 Å². The first-order valence-corrected chi connectivity index (χ1v) is 4.44. The van der Waals surface area contributed by atoms with Crippen molar-refractivity contribution in [2.45, 2.75) is 18.9 Å². The van der Waals surface area contributed by atoms with Gasteiger partial charge in [-0.15, -0.1) is 0 Å². The number of hydrogen-bond donors (Lipinski definition) is 0. The Balaban J connectivity index is 2.40. The Kier molecular flexibility index (Phi) is 1.78. The average molecular weight is 173 g/mol. The first-order valence-electron chi connectivity index (χ1n) is 4.44. The van der Waals surface area contributed by atoms with Crippen molar-refractivity contribution < 1.29 is 4.79 Å². The molecule has 0 saturated heterocycles. The molecule has 2 heteroatoms. The van der Waals surface area contributed by atoms with Gasteiger partial charge in [-0.25, -0.2) is 4.79 Å². The van der Waals surface area contributed by atoms with Crippen LogP contribution < -0.4 is 0 Å². The van der Waals surface area contributed by atoms with Crippen molar-refractivity contribution in [3.8, 4) is 0 Å². The van der Waals surface area contributed by atoms with Crippen LogP contribution in [0.3, 0.4) is 0 Å². The minimum absolute atomic E-state index is 0.247. The van der Waals surface area contributed by atoms with Gasteiger partial charge in [0.15, 0.2) is 0 Å². The number of benzene rings is 1. The van der Waals surface area contributed by atoms with E-state index in [1.807, 2.05) is 30.3 Å². The van der Waals surface area contributed by atoms with E-state index >= 15 is 0 Å². The van der Waals surface area contributed by atoms with Gasteiger partial charge in [-0.1, -0.05) is 37.3 Å². The van der Waals surface area contributed by atoms with E-state index in [1.54, 1.807) is 6.08 Å². The quantitative estimate of drug-likeness (QED) is 0.498. The molecule has 1 aliphatic carbocycles. The minimum atomic E-state index is -0.247. The lowest BCUT2D eigenvalue weighted by atomic mass is 10.0. The summed E-state index contributed by atoms with van der Waals surface area (Å²) in [4.78, 5) is 14.2. The van der Waals surface area contributed by atoms with Gasteiger partial charge in [-0.3, -0.25) is 0 Å². The Bertz CT molecular complexity index is 354. The van der Waals surface area contributed by atoms with Crippen LogP contribution in [0.2, 0.25) is 0 Å². The van der Waals surface area contributed by atoms with Crippen molar-refractivity contribution in [1.82, 2.24) is 0 Å². The molecule has 1 saturated carbocycles.